The van der Waals surface area contributed by atoms with Crippen molar-refractivity contribution in [2.24, 2.45) is 0 Å². The number of halogens is 2. The number of piperazine rings is 1. The predicted molar refractivity (Wildman–Crippen MR) is 116 cm³/mol. The molecule has 0 radical (unpaired) electrons. The number of hydrogen-bond donors (Lipinski definition) is 1. The number of aliphatic hydroxyl groups excluding tert-OH is 1. The SMILES string of the molecule is O=C(c1ccc(Cl)cc1)N1CCN([C@@H]2CN(C(=O)c3ccc(Cl)cc3)C[C@H]2O)C(=O)C1. The average Bonchev–Trinajstić information content (AvgIpc) is 3.15. The summed E-state index contributed by atoms with van der Waals surface area (Å²) >= 11 is 11.7. The van der Waals surface area contributed by atoms with Gasteiger partial charge in [-0.3, -0.25) is 14.4 Å². The van der Waals surface area contributed by atoms with Crippen molar-refractivity contribution < 1.29 is 19.5 Å². The second-order valence-corrected chi connectivity index (χ2v) is 8.55. The lowest BCUT2D eigenvalue weighted by atomic mass is 10.1. The summed E-state index contributed by atoms with van der Waals surface area (Å²) in [5.41, 5.74) is 0.938. The van der Waals surface area contributed by atoms with E-state index in [4.69, 9.17) is 23.2 Å². The monoisotopic (exact) mass is 461 g/mol. The third kappa shape index (κ3) is 4.54. The van der Waals surface area contributed by atoms with Crippen molar-refractivity contribution in [3.05, 3.63) is 69.7 Å². The second-order valence-electron chi connectivity index (χ2n) is 7.67. The highest BCUT2D eigenvalue weighted by Gasteiger charge is 2.42. The van der Waals surface area contributed by atoms with E-state index in [-0.39, 0.29) is 37.4 Å². The minimum Gasteiger partial charge on any atom is -0.389 e. The van der Waals surface area contributed by atoms with Crippen molar-refractivity contribution in [2.45, 2.75) is 12.1 Å². The van der Waals surface area contributed by atoms with Gasteiger partial charge in [0.25, 0.3) is 11.8 Å². The van der Waals surface area contributed by atoms with Crippen LogP contribution >= 0.6 is 23.2 Å². The molecule has 4 rings (SSSR count). The molecule has 7 nitrogen and oxygen atoms in total. The molecule has 0 aliphatic carbocycles. The number of likely N-dealkylation sites (tertiary alicyclic amines) is 1. The molecule has 2 aliphatic heterocycles. The second kappa shape index (κ2) is 8.86. The van der Waals surface area contributed by atoms with Gasteiger partial charge < -0.3 is 19.8 Å². The lowest BCUT2D eigenvalue weighted by Gasteiger charge is -2.38. The normalized spacial score (nSPS) is 21.5. The maximum absolute atomic E-state index is 12.8. The van der Waals surface area contributed by atoms with Crippen LogP contribution in [-0.4, -0.2) is 82.4 Å². The third-order valence-electron chi connectivity index (χ3n) is 5.67. The van der Waals surface area contributed by atoms with E-state index < -0.39 is 12.1 Å². The topological polar surface area (TPSA) is 81.2 Å². The van der Waals surface area contributed by atoms with Crippen LogP contribution in [-0.2, 0) is 4.79 Å². The smallest absolute Gasteiger partial charge is 0.254 e. The van der Waals surface area contributed by atoms with Crippen LogP contribution in [0.4, 0.5) is 0 Å². The summed E-state index contributed by atoms with van der Waals surface area (Å²) in [7, 11) is 0. The molecule has 162 valence electrons. The van der Waals surface area contributed by atoms with E-state index in [1.807, 2.05) is 0 Å². The summed E-state index contributed by atoms with van der Waals surface area (Å²) in [5, 5.41) is 11.6. The fourth-order valence-electron chi connectivity index (χ4n) is 4.00. The molecule has 0 unspecified atom stereocenters. The number of amides is 3. The van der Waals surface area contributed by atoms with Gasteiger partial charge in [-0.15, -0.1) is 0 Å². The molecular weight excluding hydrogens is 441 g/mol. The lowest BCUT2D eigenvalue weighted by Crippen LogP contribution is -2.58. The quantitative estimate of drug-likeness (QED) is 0.759. The van der Waals surface area contributed by atoms with Gasteiger partial charge in [-0.2, -0.15) is 0 Å². The van der Waals surface area contributed by atoms with Gasteiger partial charge in [0.15, 0.2) is 0 Å². The van der Waals surface area contributed by atoms with E-state index >= 15 is 0 Å². The number of carbonyl (C=O) groups excluding carboxylic acids is 3. The van der Waals surface area contributed by atoms with Crippen LogP contribution in [0, 0.1) is 0 Å². The molecule has 2 aliphatic rings. The summed E-state index contributed by atoms with van der Waals surface area (Å²) in [6.07, 6.45) is -0.848. The van der Waals surface area contributed by atoms with Gasteiger partial charge in [-0.1, -0.05) is 23.2 Å². The van der Waals surface area contributed by atoms with E-state index in [1.54, 1.807) is 53.4 Å². The highest BCUT2D eigenvalue weighted by atomic mass is 35.5. The molecule has 0 aromatic heterocycles. The van der Waals surface area contributed by atoms with Gasteiger partial charge in [0.05, 0.1) is 12.1 Å². The number of carbonyl (C=O) groups is 3. The Morgan fingerprint density at radius 2 is 1.32 bits per heavy atom. The number of hydrogen-bond acceptors (Lipinski definition) is 4. The maximum atomic E-state index is 12.8. The molecule has 0 saturated carbocycles. The lowest BCUT2D eigenvalue weighted by molar-refractivity contribution is -0.139. The van der Waals surface area contributed by atoms with Gasteiger partial charge in [0.2, 0.25) is 5.91 Å². The van der Waals surface area contributed by atoms with E-state index in [0.29, 0.717) is 34.3 Å². The molecule has 2 aromatic rings. The molecule has 0 spiro atoms. The summed E-state index contributed by atoms with van der Waals surface area (Å²) in [6.45, 7) is 0.947. The zero-order chi connectivity index (χ0) is 22.1. The molecule has 2 fully saturated rings. The standard InChI is InChI=1S/C22H21Cl2N3O4/c23-16-5-1-14(2-6-16)21(30)25-9-10-27(20(29)13-25)18-11-26(12-19(18)28)22(31)15-3-7-17(24)8-4-15/h1-8,18-19,28H,9-13H2/t18-,19-/m1/s1. The molecule has 1 N–H and O–H groups in total. The number of nitrogens with zero attached hydrogens (tertiary/aromatic N) is 3. The summed E-state index contributed by atoms with van der Waals surface area (Å²) in [5.74, 6) is -0.711. The van der Waals surface area contributed by atoms with Gasteiger partial charge in [-0.25, -0.2) is 0 Å². The first-order valence-corrected chi connectivity index (χ1v) is 10.7. The molecule has 9 heteroatoms. The van der Waals surface area contributed by atoms with Crippen molar-refractivity contribution in [3.8, 4) is 0 Å². The molecule has 31 heavy (non-hydrogen) atoms. The van der Waals surface area contributed by atoms with E-state index in [1.165, 1.54) is 9.80 Å². The molecule has 0 bridgehead atoms. The van der Waals surface area contributed by atoms with E-state index in [9.17, 15) is 19.5 Å². The van der Waals surface area contributed by atoms with Crippen LogP contribution in [0.15, 0.2) is 48.5 Å². The fraction of sp³-hybridized carbons (Fsp3) is 0.318. The third-order valence-corrected chi connectivity index (χ3v) is 6.18. The largest absolute Gasteiger partial charge is 0.389 e. The predicted octanol–water partition coefficient (Wildman–Crippen LogP) is 2.16. The minimum absolute atomic E-state index is 0.0736. The first kappa shape index (κ1) is 21.6. The van der Waals surface area contributed by atoms with Crippen molar-refractivity contribution in [1.29, 1.82) is 0 Å². The Morgan fingerprint density at radius 1 is 0.806 bits per heavy atom. The van der Waals surface area contributed by atoms with Crippen LogP contribution in [0.3, 0.4) is 0 Å². The van der Waals surface area contributed by atoms with Gasteiger partial charge in [0, 0.05) is 47.4 Å². The van der Waals surface area contributed by atoms with Gasteiger partial charge in [0.1, 0.15) is 6.54 Å². The molecule has 2 atom stereocenters. The first-order chi connectivity index (χ1) is 14.8. The molecule has 3 amide bonds. The highest BCUT2D eigenvalue weighted by Crippen LogP contribution is 2.22. The Bertz CT molecular complexity index is 997. The van der Waals surface area contributed by atoms with E-state index in [0.717, 1.165) is 0 Å². The Morgan fingerprint density at radius 3 is 1.84 bits per heavy atom. The van der Waals surface area contributed by atoms with Crippen molar-refractivity contribution >= 4 is 40.9 Å². The number of benzene rings is 2. The fourth-order valence-corrected chi connectivity index (χ4v) is 4.25. The van der Waals surface area contributed by atoms with E-state index in [2.05, 4.69) is 0 Å². The Labute approximate surface area is 189 Å². The summed E-state index contributed by atoms with van der Waals surface area (Å²) in [6, 6.07) is 12.6. The Balaban J connectivity index is 1.39. The maximum Gasteiger partial charge on any atom is 0.254 e. The van der Waals surface area contributed by atoms with Gasteiger partial charge >= 0.3 is 0 Å². The molecule has 2 heterocycles. The number of rotatable bonds is 3. The van der Waals surface area contributed by atoms with Gasteiger partial charge in [-0.05, 0) is 48.5 Å². The molecule has 2 saturated heterocycles. The first-order valence-electron chi connectivity index (χ1n) is 9.90. The summed E-state index contributed by atoms with van der Waals surface area (Å²) in [4.78, 5) is 42.8. The van der Waals surface area contributed by atoms with Crippen LogP contribution in [0.1, 0.15) is 20.7 Å². The van der Waals surface area contributed by atoms with Crippen LogP contribution < -0.4 is 0 Å². The Hall–Kier alpha value is -2.61. The average molecular weight is 462 g/mol. The highest BCUT2D eigenvalue weighted by molar-refractivity contribution is 6.31. The van der Waals surface area contributed by atoms with Crippen molar-refractivity contribution in [2.75, 3.05) is 32.7 Å². The zero-order valence-corrected chi connectivity index (χ0v) is 18.1. The molecule has 2 aromatic carbocycles. The summed E-state index contributed by atoms with van der Waals surface area (Å²) < 4.78 is 0. The van der Waals surface area contributed by atoms with Crippen molar-refractivity contribution in [1.82, 2.24) is 14.7 Å². The number of β-amino-alcohol motifs (C(OH)–C–C–N with tert-alkyl or cyclic N) is 1. The van der Waals surface area contributed by atoms with Crippen LogP contribution in [0.5, 0.6) is 0 Å². The Kier molecular flexibility index (Phi) is 6.18. The zero-order valence-electron chi connectivity index (χ0n) is 16.6. The van der Waals surface area contributed by atoms with Crippen LogP contribution in [0.25, 0.3) is 0 Å². The minimum atomic E-state index is -0.848. The molecular formula is C22H21Cl2N3O4. The van der Waals surface area contributed by atoms with Crippen LogP contribution in [0.2, 0.25) is 10.0 Å². The number of aliphatic hydroxyl groups is 1. The van der Waals surface area contributed by atoms with Crippen molar-refractivity contribution in [3.63, 3.8) is 0 Å².